The van der Waals surface area contributed by atoms with Crippen molar-refractivity contribution >= 4 is 0 Å². The van der Waals surface area contributed by atoms with Crippen molar-refractivity contribution in [2.24, 2.45) is 11.8 Å². The van der Waals surface area contributed by atoms with E-state index in [1.165, 1.54) is 77.8 Å². The molecule has 106 valence electrons. The van der Waals surface area contributed by atoms with Crippen molar-refractivity contribution in [1.29, 1.82) is 0 Å². The molecule has 0 bridgehead atoms. The average Bonchev–Trinajstić information content (AvgIpc) is 2.46. The summed E-state index contributed by atoms with van der Waals surface area (Å²) >= 11 is 0. The Morgan fingerprint density at radius 2 is 1.00 bits per heavy atom. The first-order valence-electron chi connectivity index (χ1n) is 8.26. The van der Waals surface area contributed by atoms with E-state index in [2.05, 4.69) is 23.6 Å². The lowest BCUT2D eigenvalue weighted by Gasteiger charge is -2.34. The zero-order valence-electron chi connectivity index (χ0n) is 12.5. The summed E-state index contributed by atoms with van der Waals surface area (Å²) in [5, 5.41) is 0. The summed E-state index contributed by atoms with van der Waals surface area (Å²) in [4.78, 5) is 5.21. The van der Waals surface area contributed by atoms with E-state index in [9.17, 15) is 0 Å². The van der Waals surface area contributed by atoms with Crippen molar-refractivity contribution in [1.82, 2.24) is 9.80 Å². The molecule has 2 fully saturated rings. The van der Waals surface area contributed by atoms with Crippen LogP contribution in [-0.4, -0.2) is 49.1 Å². The van der Waals surface area contributed by atoms with Crippen molar-refractivity contribution in [3.05, 3.63) is 0 Å². The summed E-state index contributed by atoms with van der Waals surface area (Å²) in [6, 6.07) is 0. The minimum Gasteiger partial charge on any atom is -0.304 e. The Labute approximate surface area is 114 Å². The molecule has 0 aromatic heterocycles. The molecular formula is C16H32N2. The molecule has 0 aliphatic carbocycles. The molecule has 2 heteroatoms. The maximum Gasteiger partial charge on any atom is -0.00162 e. The van der Waals surface area contributed by atoms with Gasteiger partial charge in [0.1, 0.15) is 0 Å². The Hall–Kier alpha value is -0.0800. The maximum atomic E-state index is 2.61. The fourth-order valence-electron chi connectivity index (χ4n) is 3.65. The monoisotopic (exact) mass is 252 g/mol. The molecule has 2 aliphatic rings. The second-order valence-electron chi connectivity index (χ2n) is 6.33. The third-order valence-electron chi connectivity index (χ3n) is 5.29. The van der Waals surface area contributed by atoms with Gasteiger partial charge in [-0.1, -0.05) is 26.7 Å². The lowest BCUT2D eigenvalue weighted by atomic mass is 9.85. The number of piperidine rings is 2. The second kappa shape index (κ2) is 7.49. The van der Waals surface area contributed by atoms with E-state index >= 15 is 0 Å². The Kier molecular flexibility index (Phi) is 5.97. The normalized spacial score (nSPS) is 25.7. The van der Waals surface area contributed by atoms with Crippen LogP contribution in [0.4, 0.5) is 0 Å². The van der Waals surface area contributed by atoms with Crippen LogP contribution < -0.4 is 0 Å². The Bertz CT molecular complexity index is 189. The highest BCUT2D eigenvalue weighted by Gasteiger charge is 2.21. The fraction of sp³-hybridized carbons (Fsp3) is 1.00. The van der Waals surface area contributed by atoms with E-state index in [4.69, 9.17) is 0 Å². The Balaban J connectivity index is 1.58. The zero-order valence-corrected chi connectivity index (χ0v) is 12.5. The van der Waals surface area contributed by atoms with E-state index < -0.39 is 0 Å². The minimum absolute atomic E-state index is 1.04. The van der Waals surface area contributed by atoms with Crippen LogP contribution >= 0.6 is 0 Å². The molecule has 0 N–H and O–H groups in total. The molecular weight excluding hydrogens is 220 g/mol. The highest BCUT2D eigenvalue weighted by molar-refractivity contribution is 4.75. The standard InChI is InChI=1S/C16H32N2/c1-3-17-11-7-15(8-12-17)5-6-16-9-13-18(4-2)14-10-16/h15-16H,3-14H2,1-2H3. The number of hydrogen-bond acceptors (Lipinski definition) is 2. The molecule has 0 spiro atoms. The third kappa shape index (κ3) is 4.24. The van der Waals surface area contributed by atoms with Crippen molar-refractivity contribution in [3.8, 4) is 0 Å². The Morgan fingerprint density at radius 1 is 0.667 bits per heavy atom. The topological polar surface area (TPSA) is 6.48 Å². The molecule has 0 unspecified atom stereocenters. The predicted octanol–water partition coefficient (Wildman–Crippen LogP) is 3.23. The molecule has 2 heterocycles. The van der Waals surface area contributed by atoms with Gasteiger partial charge in [0.05, 0.1) is 0 Å². The van der Waals surface area contributed by atoms with Gasteiger partial charge in [0.2, 0.25) is 0 Å². The van der Waals surface area contributed by atoms with Crippen molar-refractivity contribution in [2.45, 2.75) is 52.4 Å². The van der Waals surface area contributed by atoms with Crippen LogP contribution in [0, 0.1) is 11.8 Å². The summed E-state index contributed by atoms with van der Waals surface area (Å²) < 4.78 is 0. The summed E-state index contributed by atoms with van der Waals surface area (Å²) in [7, 11) is 0. The van der Waals surface area contributed by atoms with Crippen molar-refractivity contribution in [3.63, 3.8) is 0 Å². The molecule has 0 aromatic rings. The minimum atomic E-state index is 1.04. The van der Waals surface area contributed by atoms with E-state index in [0.29, 0.717) is 0 Å². The summed E-state index contributed by atoms with van der Waals surface area (Å²) in [5.74, 6) is 2.08. The van der Waals surface area contributed by atoms with Gasteiger partial charge in [-0.2, -0.15) is 0 Å². The maximum absolute atomic E-state index is 2.61. The van der Waals surface area contributed by atoms with Crippen LogP contribution in [0.15, 0.2) is 0 Å². The summed E-state index contributed by atoms with van der Waals surface area (Å²) in [5.41, 5.74) is 0. The highest BCUT2D eigenvalue weighted by atomic mass is 15.1. The smallest absolute Gasteiger partial charge is 0.00162 e. The van der Waals surface area contributed by atoms with Gasteiger partial charge in [0, 0.05) is 0 Å². The molecule has 0 atom stereocenters. The summed E-state index contributed by atoms with van der Waals surface area (Å²) in [6.45, 7) is 12.5. The number of likely N-dealkylation sites (tertiary alicyclic amines) is 2. The van der Waals surface area contributed by atoms with Gasteiger partial charge in [-0.05, 0) is 76.8 Å². The molecule has 2 rings (SSSR count). The van der Waals surface area contributed by atoms with Crippen LogP contribution in [-0.2, 0) is 0 Å². The molecule has 0 radical (unpaired) electrons. The van der Waals surface area contributed by atoms with Gasteiger partial charge in [0.25, 0.3) is 0 Å². The third-order valence-corrected chi connectivity index (χ3v) is 5.29. The Morgan fingerprint density at radius 3 is 1.28 bits per heavy atom. The summed E-state index contributed by atoms with van der Waals surface area (Å²) in [6.07, 6.45) is 8.86. The lowest BCUT2D eigenvalue weighted by Crippen LogP contribution is -2.35. The van der Waals surface area contributed by atoms with Gasteiger partial charge in [-0.15, -0.1) is 0 Å². The number of hydrogen-bond donors (Lipinski definition) is 0. The van der Waals surface area contributed by atoms with E-state index in [1.807, 2.05) is 0 Å². The predicted molar refractivity (Wildman–Crippen MR) is 78.9 cm³/mol. The first-order chi connectivity index (χ1) is 8.81. The molecule has 2 nitrogen and oxygen atoms in total. The van der Waals surface area contributed by atoms with Gasteiger partial charge in [-0.25, -0.2) is 0 Å². The second-order valence-corrected chi connectivity index (χ2v) is 6.33. The lowest BCUT2D eigenvalue weighted by molar-refractivity contribution is 0.158. The number of nitrogens with zero attached hydrogens (tertiary/aromatic N) is 2. The first-order valence-corrected chi connectivity index (χ1v) is 8.26. The fourth-order valence-corrected chi connectivity index (χ4v) is 3.65. The van der Waals surface area contributed by atoms with Gasteiger partial charge >= 0.3 is 0 Å². The van der Waals surface area contributed by atoms with Gasteiger partial charge in [-0.3, -0.25) is 0 Å². The van der Waals surface area contributed by atoms with Gasteiger partial charge in [0.15, 0.2) is 0 Å². The van der Waals surface area contributed by atoms with Crippen LogP contribution in [0.3, 0.4) is 0 Å². The largest absolute Gasteiger partial charge is 0.304 e. The quantitative estimate of drug-likeness (QED) is 0.741. The highest BCUT2D eigenvalue weighted by Crippen LogP contribution is 2.28. The van der Waals surface area contributed by atoms with Gasteiger partial charge < -0.3 is 9.80 Å². The van der Waals surface area contributed by atoms with Crippen molar-refractivity contribution in [2.75, 3.05) is 39.3 Å². The molecule has 0 aromatic carbocycles. The van der Waals surface area contributed by atoms with Crippen molar-refractivity contribution < 1.29 is 0 Å². The zero-order chi connectivity index (χ0) is 12.8. The molecule has 0 saturated carbocycles. The van der Waals surface area contributed by atoms with E-state index in [1.54, 1.807) is 0 Å². The van der Waals surface area contributed by atoms with E-state index in [-0.39, 0.29) is 0 Å². The molecule has 18 heavy (non-hydrogen) atoms. The van der Waals surface area contributed by atoms with Crippen LogP contribution in [0.5, 0.6) is 0 Å². The van der Waals surface area contributed by atoms with Crippen LogP contribution in [0.1, 0.15) is 52.4 Å². The molecule has 2 aliphatic heterocycles. The average molecular weight is 252 g/mol. The van der Waals surface area contributed by atoms with Crippen LogP contribution in [0.2, 0.25) is 0 Å². The SMILES string of the molecule is CCN1CCC(CCC2CCN(CC)CC2)CC1. The molecule has 2 saturated heterocycles. The number of rotatable bonds is 5. The van der Waals surface area contributed by atoms with E-state index in [0.717, 1.165) is 11.8 Å². The first kappa shape index (κ1) is 14.3. The molecule has 0 amide bonds. The van der Waals surface area contributed by atoms with Crippen LogP contribution in [0.25, 0.3) is 0 Å².